The molecule has 136 valence electrons. The molecule has 26 heavy (non-hydrogen) atoms. The summed E-state index contributed by atoms with van der Waals surface area (Å²) in [5.74, 6) is -2.21. The Morgan fingerprint density at radius 3 is 2.08 bits per heavy atom. The number of anilines is 2. The lowest BCUT2D eigenvalue weighted by Crippen LogP contribution is -2.32. The first-order valence-electron chi connectivity index (χ1n) is 8.51. The van der Waals surface area contributed by atoms with Crippen molar-refractivity contribution >= 4 is 29.0 Å². The van der Waals surface area contributed by atoms with Gasteiger partial charge in [0.1, 0.15) is 11.7 Å². The molecule has 2 N–H and O–H groups in total. The van der Waals surface area contributed by atoms with Crippen LogP contribution in [-0.2, 0) is 14.4 Å². The van der Waals surface area contributed by atoms with E-state index in [1.54, 1.807) is 18.2 Å². The van der Waals surface area contributed by atoms with E-state index in [-0.39, 0.29) is 18.1 Å². The third-order valence-electron chi connectivity index (χ3n) is 4.17. The summed E-state index contributed by atoms with van der Waals surface area (Å²) in [6, 6.07) is 13.0. The highest BCUT2D eigenvalue weighted by molar-refractivity contribution is 6.10. The zero-order valence-electron chi connectivity index (χ0n) is 15.6. The number of hydrogen-bond donors (Lipinski definition) is 2. The number of aryl methyl sites for hydroxylation is 3. The van der Waals surface area contributed by atoms with Gasteiger partial charge in [-0.25, -0.2) is 0 Å². The van der Waals surface area contributed by atoms with Crippen molar-refractivity contribution in [2.45, 2.75) is 34.1 Å². The summed E-state index contributed by atoms with van der Waals surface area (Å²) >= 11 is 0. The summed E-state index contributed by atoms with van der Waals surface area (Å²) in [5.41, 5.74) is 4.35. The summed E-state index contributed by atoms with van der Waals surface area (Å²) < 4.78 is 0. The van der Waals surface area contributed by atoms with Crippen LogP contribution in [0.25, 0.3) is 0 Å². The second-order valence-electron chi connectivity index (χ2n) is 6.59. The molecule has 0 saturated carbocycles. The molecule has 2 aromatic rings. The largest absolute Gasteiger partial charge is 0.326 e. The molecule has 5 nitrogen and oxygen atoms in total. The molecular formula is C21H24N2O3. The maximum atomic E-state index is 12.5. The normalized spacial score (nSPS) is 11.5. The molecule has 0 fully saturated rings. The quantitative estimate of drug-likeness (QED) is 0.777. The van der Waals surface area contributed by atoms with Crippen molar-refractivity contribution in [3.8, 4) is 0 Å². The first-order chi connectivity index (χ1) is 12.3. The molecule has 0 aliphatic carbocycles. The van der Waals surface area contributed by atoms with E-state index < -0.39 is 11.8 Å². The Hall–Kier alpha value is -2.95. The number of carbonyl (C=O) groups excluding carboxylic acids is 3. The van der Waals surface area contributed by atoms with E-state index in [0.29, 0.717) is 11.4 Å². The molecule has 2 rings (SSSR count). The van der Waals surface area contributed by atoms with Gasteiger partial charge in [-0.2, -0.15) is 0 Å². The lowest BCUT2D eigenvalue weighted by atomic mass is 9.99. The Bertz CT molecular complexity index is 826. The number of rotatable bonds is 6. The summed E-state index contributed by atoms with van der Waals surface area (Å²) in [5, 5.41) is 5.48. The van der Waals surface area contributed by atoms with Gasteiger partial charge < -0.3 is 10.6 Å². The summed E-state index contributed by atoms with van der Waals surface area (Å²) in [6.07, 6.45) is -0.194. The minimum Gasteiger partial charge on any atom is -0.326 e. The highest BCUT2D eigenvalue weighted by Gasteiger charge is 2.26. The van der Waals surface area contributed by atoms with E-state index in [4.69, 9.17) is 0 Å². The molecule has 2 amide bonds. The van der Waals surface area contributed by atoms with Crippen molar-refractivity contribution in [2.24, 2.45) is 5.92 Å². The standard InChI is InChI=1S/C21H24N2O3/c1-13-5-8-17(9-6-13)22-20(25)12-18(16(4)24)21(26)23-19-10-7-14(2)11-15(19)3/h5-11,18H,12H2,1-4H3,(H,22,25)(H,23,26)/t18-/m0/s1. The van der Waals surface area contributed by atoms with Crippen LogP contribution >= 0.6 is 0 Å². The van der Waals surface area contributed by atoms with Crippen molar-refractivity contribution in [2.75, 3.05) is 10.6 Å². The van der Waals surface area contributed by atoms with E-state index >= 15 is 0 Å². The van der Waals surface area contributed by atoms with Crippen LogP contribution in [0, 0.1) is 26.7 Å². The van der Waals surface area contributed by atoms with Crippen LogP contribution < -0.4 is 10.6 Å². The Balaban J connectivity index is 2.05. The fraction of sp³-hybridized carbons (Fsp3) is 0.286. The Morgan fingerprint density at radius 2 is 1.50 bits per heavy atom. The molecule has 0 heterocycles. The van der Waals surface area contributed by atoms with Crippen molar-refractivity contribution in [3.05, 3.63) is 59.2 Å². The Kier molecular flexibility index (Phi) is 6.28. The van der Waals surface area contributed by atoms with Gasteiger partial charge in [0.05, 0.1) is 0 Å². The maximum absolute atomic E-state index is 12.5. The third-order valence-corrected chi connectivity index (χ3v) is 4.17. The van der Waals surface area contributed by atoms with E-state index in [9.17, 15) is 14.4 Å². The lowest BCUT2D eigenvalue weighted by Gasteiger charge is -2.15. The van der Waals surface area contributed by atoms with Gasteiger partial charge in [-0.1, -0.05) is 35.4 Å². The predicted octanol–water partition coefficient (Wildman–Crippen LogP) is 3.78. The second kappa shape index (κ2) is 8.43. The molecule has 0 aliphatic heterocycles. The number of carbonyl (C=O) groups is 3. The molecule has 0 radical (unpaired) electrons. The maximum Gasteiger partial charge on any atom is 0.235 e. The topological polar surface area (TPSA) is 75.3 Å². The van der Waals surface area contributed by atoms with E-state index in [0.717, 1.165) is 16.7 Å². The highest BCUT2D eigenvalue weighted by Crippen LogP contribution is 2.19. The minimum atomic E-state index is -1.03. The number of ketones is 1. The average Bonchev–Trinajstić information content (AvgIpc) is 2.57. The van der Waals surface area contributed by atoms with Crippen LogP contribution in [0.4, 0.5) is 11.4 Å². The summed E-state index contributed by atoms with van der Waals surface area (Å²) in [6.45, 7) is 7.13. The lowest BCUT2D eigenvalue weighted by molar-refractivity contribution is -0.133. The van der Waals surface area contributed by atoms with Gasteiger partial charge in [0.25, 0.3) is 0 Å². The fourth-order valence-electron chi connectivity index (χ4n) is 2.63. The van der Waals surface area contributed by atoms with Gasteiger partial charge in [-0.15, -0.1) is 0 Å². The Morgan fingerprint density at radius 1 is 0.885 bits per heavy atom. The molecule has 0 spiro atoms. The van der Waals surface area contributed by atoms with Crippen molar-refractivity contribution in [1.82, 2.24) is 0 Å². The van der Waals surface area contributed by atoms with Gasteiger partial charge in [0.15, 0.2) is 0 Å². The molecule has 0 aliphatic rings. The Labute approximate surface area is 153 Å². The minimum absolute atomic E-state index is 0.194. The van der Waals surface area contributed by atoms with Crippen LogP contribution in [0.15, 0.2) is 42.5 Å². The van der Waals surface area contributed by atoms with Gasteiger partial charge in [-0.3, -0.25) is 14.4 Å². The van der Waals surface area contributed by atoms with Gasteiger partial charge in [-0.05, 0) is 51.5 Å². The van der Waals surface area contributed by atoms with Crippen molar-refractivity contribution < 1.29 is 14.4 Å². The zero-order chi connectivity index (χ0) is 19.3. The number of amides is 2. The SMILES string of the molecule is CC(=O)[C@H](CC(=O)Nc1ccc(C)cc1)C(=O)Nc1ccc(C)cc1C. The number of hydrogen-bond acceptors (Lipinski definition) is 3. The van der Waals surface area contributed by atoms with E-state index in [1.807, 2.05) is 45.0 Å². The van der Waals surface area contributed by atoms with Gasteiger partial charge in [0.2, 0.25) is 11.8 Å². The molecule has 0 aromatic heterocycles. The number of Topliss-reactive ketones (excluding diaryl/α,β-unsaturated/α-hetero) is 1. The zero-order valence-corrected chi connectivity index (χ0v) is 15.6. The molecule has 0 bridgehead atoms. The summed E-state index contributed by atoms with van der Waals surface area (Å²) in [4.78, 5) is 36.7. The van der Waals surface area contributed by atoms with Crippen LogP contribution in [0.3, 0.4) is 0 Å². The first-order valence-corrected chi connectivity index (χ1v) is 8.51. The van der Waals surface area contributed by atoms with Crippen molar-refractivity contribution in [3.63, 3.8) is 0 Å². The van der Waals surface area contributed by atoms with Crippen LogP contribution in [0.5, 0.6) is 0 Å². The smallest absolute Gasteiger partial charge is 0.235 e. The number of nitrogens with one attached hydrogen (secondary N) is 2. The van der Waals surface area contributed by atoms with Crippen molar-refractivity contribution in [1.29, 1.82) is 0 Å². The summed E-state index contributed by atoms with van der Waals surface area (Å²) in [7, 11) is 0. The molecule has 0 unspecified atom stereocenters. The van der Waals surface area contributed by atoms with Crippen LogP contribution in [0.1, 0.15) is 30.0 Å². The van der Waals surface area contributed by atoms with Crippen LogP contribution in [-0.4, -0.2) is 17.6 Å². The number of benzene rings is 2. The monoisotopic (exact) mass is 352 g/mol. The van der Waals surface area contributed by atoms with Gasteiger partial charge in [0, 0.05) is 17.8 Å². The third kappa shape index (κ3) is 5.28. The molecule has 1 atom stereocenters. The predicted molar refractivity (Wildman–Crippen MR) is 103 cm³/mol. The van der Waals surface area contributed by atoms with E-state index in [2.05, 4.69) is 10.6 Å². The van der Waals surface area contributed by atoms with E-state index in [1.165, 1.54) is 6.92 Å². The van der Waals surface area contributed by atoms with Gasteiger partial charge >= 0.3 is 0 Å². The first kappa shape index (κ1) is 19.4. The molecule has 0 saturated heterocycles. The highest BCUT2D eigenvalue weighted by atomic mass is 16.2. The second-order valence-corrected chi connectivity index (χ2v) is 6.59. The fourth-order valence-corrected chi connectivity index (χ4v) is 2.63. The average molecular weight is 352 g/mol. The molecule has 5 heteroatoms. The molecular weight excluding hydrogens is 328 g/mol. The van der Waals surface area contributed by atoms with Crippen LogP contribution in [0.2, 0.25) is 0 Å². The molecule has 2 aromatic carbocycles.